The van der Waals surface area contributed by atoms with Gasteiger partial charge in [0.2, 0.25) is 11.9 Å². The first-order valence-corrected chi connectivity index (χ1v) is 8.28. The predicted molar refractivity (Wildman–Crippen MR) is 84.1 cm³/mol. The molecular formula is C16H25N5O. The van der Waals surface area contributed by atoms with Crippen molar-refractivity contribution < 1.29 is 4.79 Å². The molecule has 1 N–H and O–H groups in total. The van der Waals surface area contributed by atoms with Gasteiger partial charge in [0, 0.05) is 26.2 Å². The van der Waals surface area contributed by atoms with Crippen LogP contribution in [0.15, 0.2) is 4.99 Å². The van der Waals surface area contributed by atoms with Crippen LogP contribution in [-0.4, -0.2) is 60.4 Å². The standard InChI is InChI=1S/C16H25N5O/c1-12-3-5-16(6-4-12)13(11-17)14(22)18-15(19-16)21-9-7-20(2)8-10-21/h12-13H,3-10H2,1-2H3,(H,18,19,22)/t12?,13-,16?/m1/s1. The molecule has 0 aromatic rings. The van der Waals surface area contributed by atoms with E-state index in [0.29, 0.717) is 11.9 Å². The lowest BCUT2D eigenvalue weighted by Crippen LogP contribution is -2.60. The molecular weight excluding hydrogens is 278 g/mol. The Morgan fingerprint density at radius 2 is 1.91 bits per heavy atom. The van der Waals surface area contributed by atoms with Crippen LogP contribution in [0, 0.1) is 23.2 Å². The van der Waals surface area contributed by atoms with Gasteiger partial charge < -0.3 is 9.80 Å². The minimum absolute atomic E-state index is 0.166. The molecule has 1 aliphatic carbocycles. The van der Waals surface area contributed by atoms with Gasteiger partial charge in [-0.25, -0.2) is 4.99 Å². The average Bonchev–Trinajstić information content (AvgIpc) is 2.51. The van der Waals surface area contributed by atoms with Gasteiger partial charge in [-0.2, -0.15) is 5.26 Å². The Labute approximate surface area is 132 Å². The second-order valence-corrected chi connectivity index (χ2v) is 7.06. The first-order valence-electron chi connectivity index (χ1n) is 8.28. The van der Waals surface area contributed by atoms with Crippen LogP contribution in [0.3, 0.4) is 0 Å². The van der Waals surface area contributed by atoms with Gasteiger partial charge in [0.25, 0.3) is 0 Å². The maximum absolute atomic E-state index is 12.4. The number of amides is 1. The second-order valence-electron chi connectivity index (χ2n) is 7.06. The number of guanidine groups is 1. The summed E-state index contributed by atoms with van der Waals surface area (Å²) in [6.45, 7) is 5.93. The summed E-state index contributed by atoms with van der Waals surface area (Å²) in [6.07, 6.45) is 3.78. The van der Waals surface area contributed by atoms with E-state index in [0.717, 1.165) is 51.9 Å². The Balaban J connectivity index is 1.86. The Bertz CT molecular complexity index is 507. The molecule has 2 aliphatic heterocycles. The molecule has 0 unspecified atom stereocenters. The molecule has 0 aromatic heterocycles. The number of carbonyl (C=O) groups excluding carboxylic acids is 1. The average molecular weight is 303 g/mol. The fourth-order valence-electron chi connectivity index (χ4n) is 3.74. The summed E-state index contributed by atoms with van der Waals surface area (Å²) < 4.78 is 0. The number of likely N-dealkylation sites (N-methyl/N-ethyl adjacent to an activating group) is 1. The fraction of sp³-hybridized carbons (Fsp3) is 0.812. The number of hydrogen-bond donors (Lipinski definition) is 1. The van der Waals surface area contributed by atoms with Crippen molar-refractivity contribution in [2.24, 2.45) is 16.8 Å². The van der Waals surface area contributed by atoms with Crippen LogP contribution < -0.4 is 5.32 Å². The quantitative estimate of drug-likeness (QED) is 0.719. The summed E-state index contributed by atoms with van der Waals surface area (Å²) in [4.78, 5) is 21.8. The van der Waals surface area contributed by atoms with E-state index in [1.54, 1.807) is 0 Å². The molecule has 2 heterocycles. The van der Waals surface area contributed by atoms with E-state index in [-0.39, 0.29) is 5.91 Å². The summed E-state index contributed by atoms with van der Waals surface area (Å²) >= 11 is 0. The number of rotatable bonds is 0. The molecule has 6 heteroatoms. The summed E-state index contributed by atoms with van der Waals surface area (Å²) in [6, 6.07) is 2.21. The van der Waals surface area contributed by atoms with Gasteiger partial charge >= 0.3 is 0 Å². The third kappa shape index (κ3) is 2.70. The first kappa shape index (κ1) is 15.3. The third-order valence-electron chi connectivity index (χ3n) is 5.44. The highest BCUT2D eigenvalue weighted by Gasteiger charge is 2.49. The molecule has 1 spiro atoms. The van der Waals surface area contributed by atoms with Crippen LogP contribution in [0.25, 0.3) is 0 Å². The summed E-state index contributed by atoms with van der Waals surface area (Å²) in [5.41, 5.74) is -0.498. The van der Waals surface area contributed by atoms with Gasteiger partial charge in [-0.3, -0.25) is 10.1 Å². The van der Waals surface area contributed by atoms with Crippen molar-refractivity contribution in [1.29, 1.82) is 5.26 Å². The minimum Gasteiger partial charge on any atom is -0.340 e. The maximum atomic E-state index is 12.4. The highest BCUT2D eigenvalue weighted by atomic mass is 16.2. The van der Waals surface area contributed by atoms with E-state index in [4.69, 9.17) is 4.99 Å². The monoisotopic (exact) mass is 303 g/mol. The number of nitrogens with one attached hydrogen (secondary N) is 1. The molecule has 22 heavy (non-hydrogen) atoms. The van der Waals surface area contributed by atoms with Crippen molar-refractivity contribution in [2.75, 3.05) is 33.2 Å². The van der Waals surface area contributed by atoms with E-state index < -0.39 is 11.5 Å². The van der Waals surface area contributed by atoms with Crippen LogP contribution in [0.2, 0.25) is 0 Å². The zero-order chi connectivity index (χ0) is 15.7. The smallest absolute Gasteiger partial charge is 0.246 e. The molecule has 120 valence electrons. The normalized spacial score (nSPS) is 36.7. The molecule has 0 radical (unpaired) electrons. The highest BCUT2D eigenvalue weighted by Crippen LogP contribution is 2.41. The van der Waals surface area contributed by atoms with Crippen molar-refractivity contribution in [2.45, 2.75) is 38.1 Å². The Hall–Kier alpha value is -1.61. The van der Waals surface area contributed by atoms with Crippen molar-refractivity contribution in [3.05, 3.63) is 0 Å². The zero-order valence-electron chi connectivity index (χ0n) is 13.5. The number of carbonyl (C=O) groups is 1. The molecule has 1 amide bonds. The van der Waals surface area contributed by atoms with E-state index in [1.807, 2.05) is 0 Å². The van der Waals surface area contributed by atoms with E-state index in [2.05, 4.69) is 35.2 Å². The molecule has 1 saturated heterocycles. The number of nitrogens with zero attached hydrogens (tertiary/aromatic N) is 4. The number of nitriles is 1. The molecule has 3 rings (SSSR count). The molecule has 3 aliphatic rings. The van der Waals surface area contributed by atoms with Gasteiger partial charge in [0.1, 0.15) is 0 Å². The number of hydrogen-bond acceptors (Lipinski definition) is 5. The largest absolute Gasteiger partial charge is 0.340 e. The summed E-state index contributed by atoms with van der Waals surface area (Å²) in [7, 11) is 2.11. The summed E-state index contributed by atoms with van der Waals surface area (Å²) in [5, 5.41) is 12.4. The molecule has 1 saturated carbocycles. The molecule has 1 atom stereocenters. The van der Waals surface area contributed by atoms with Crippen LogP contribution in [-0.2, 0) is 4.79 Å². The molecule has 0 bridgehead atoms. The van der Waals surface area contributed by atoms with Crippen molar-refractivity contribution in [3.63, 3.8) is 0 Å². The van der Waals surface area contributed by atoms with Gasteiger partial charge in [0.15, 0.2) is 5.92 Å². The highest BCUT2D eigenvalue weighted by molar-refractivity contribution is 6.02. The fourth-order valence-corrected chi connectivity index (χ4v) is 3.74. The second kappa shape index (κ2) is 5.88. The molecule has 0 aromatic carbocycles. The number of aliphatic imine (C=N–C) groups is 1. The summed E-state index contributed by atoms with van der Waals surface area (Å²) in [5.74, 6) is 0.550. The SMILES string of the molecule is CC1CCC2(CC1)N=C(N1CCN(C)CC1)NC(=O)[C@H]2C#N. The lowest BCUT2D eigenvalue weighted by atomic mass is 9.70. The van der Waals surface area contributed by atoms with Gasteiger partial charge in [0.05, 0.1) is 11.6 Å². The third-order valence-corrected chi connectivity index (χ3v) is 5.44. The van der Waals surface area contributed by atoms with Crippen LogP contribution in [0.4, 0.5) is 0 Å². The van der Waals surface area contributed by atoms with E-state index in [9.17, 15) is 10.1 Å². The first-order chi connectivity index (χ1) is 10.5. The van der Waals surface area contributed by atoms with E-state index in [1.165, 1.54) is 0 Å². The Morgan fingerprint density at radius 1 is 1.27 bits per heavy atom. The zero-order valence-corrected chi connectivity index (χ0v) is 13.5. The van der Waals surface area contributed by atoms with Gasteiger partial charge in [-0.1, -0.05) is 6.92 Å². The van der Waals surface area contributed by atoms with Gasteiger partial charge in [-0.05, 0) is 38.6 Å². The topological polar surface area (TPSA) is 71.7 Å². The lowest BCUT2D eigenvalue weighted by molar-refractivity contribution is -0.125. The predicted octanol–water partition coefficient (Wildman–Crippen LogP) is 0.808. The van der Waals surface area contributed by atoms with E-state index >= 15 is 0 Å². The van der Waals surface area contributed by atoms with Gasteiger partial charge in [-0.15, -0.1) is 0 Å². The van der Waals surface area contributed by atoms with Crippen LogP contribution in [0.5, 0.6) is 0 Å². The molecule has 2 fully saturated rings. The number of piperazine rings is 1. The van der Waals surface area contributed by atoms with Crippen molar-refractivity contribution in [3.8, 4) is 6.07 Å². The maximum Gasteiger partial charge on any atom is 0.246 e. The van der Waals surface area contributed by atoms with Crippen LogP contribution >= 0.6 is 0 Å². The van der Waals surface area contributed by atoms with Crippen LogP contribution in [0.1, 0.15) is 32.6 Å². The van der Waals surface area contributed by atoms with Crippen molar-refractivity contribution in [1.82, 2.24) is 15.1 Å². The lowest BCUT2D eigenvalue weighted by Gasteiger charge is -2.44. The Kier molecular flexibility index (Phi) is 4.09. The minimum atomic E-state index is -0.642. The molecule has 6 nitrogen and oxygen atoms in total. The van der Waals surface area contributed by atoms with Crippen molar-refractivity contribution >= 4 is 11.9 Å². The Morgan fingerprint density at radius 3 is 2.50 bits per heavy atom.